The quantitative estimate of drug-likeness (QED) is 0.866. The summed E-state index contributed by atoms with van der Waals surface area (Å²) >= 11 is 0. The summed E-state index contributed by atoms with van der Waals surface area (Å²) in [5, 5.41) is 0. The lowest BCUT2D eigenvalue weighted by Crippen LogP contribution is -2.51. The lowest BCUT2D eigenvalue weighted by atomic mass is 9.95. The third-order valence-corrected chi connectivity index (χ3v) is 3.67. The molecule has 1 amide bonds. The lowest BCUT2D eigenvalue weighted by molar-refractivity contribution is 0.0583. The van der Waals surface area contributed by atoms with Crippen LogP contribution in [0.3, 0.4) is 0 Å². The monoisotopic (exact) mass is 247 g/mol. The zero-order valence-electron chi connectivity index (χ0n) is 11.1. The molecule has 1 aromatic rings. The average molecular weight is 247 g/mol. The number of nitrogens with zero attached hydrogens (tertiary/aromatic N) is 2. The predicted octanol–water partition coefficient (Wildman–Crippen LogP) is 1.73. The van der Waals surface area contributed by atoms with E-state index in [1.807, 2.05) is 18.7 Å². The Labute approximate surface area is 108 Å². The van der Waals surface area contributed by atoms with Crippen LogP contribution in [0.2, 0.25) is 0 Å². The van der Waals surface area contributed by atoms with Crippen molar-refractivity contribution in [2.24, 2.45) is 5.73 Å². The predicted molar refractivity (Wildman–Crippen MR) is 71.3 cm³/mol. The summed E-state index contributed by atoms with van der Waals surface area (Å²) < 4.78 is 0. The summed E-state index contributed by atoms with van der Waals surface area (Å²) in [4.78, 5) is 18.6. The number of piperidine rings is 1. The number of aryl methyl sites for hydroxylation is 1. The smallest absolute Gasteiger partial charge is 0.254 e. The highest BCUT2D eigenvalue weighted by Gasteiger charge is 2.30. The Balaban J connectivity index is 2.24. The Kier molecular flexibility index (Phi) is 3.97. The molecule has 2 unspecified atom stereocenters. The van der Waals surface area contributed by atoms with Gasteiger partial charge in [-0.15, -0.1) is 0 Å². The molecule has 1 saturated heterocycles. The van der Waals surface area contributed by atoms with Gasteiger partial charge in [0.05, 0.1) is 0 Å². The van der Waals surface area contributed by atoms with Crippen molar-refractivity contribution in [2.75, 3.05) is 6.54 Å². The van der Waals surface area contributed by atoms with Crippen LogP contribution < -0.4 is 5.73 Å². The molecule has 1 aliphatic heterocycles. The van der Waals surface area contributed by atoms with Crippen LogP contribution in [0.25, 0.3) is 0 Å². The van der Waals surface area contributed by atoms with Gasteiger partial charge >= 0.3 is 0 Å². The zero-order valence-corrected chi connectivity index (χ0v) is 11.1. The minimum absolute atomic E-state index is 0.0244. The largest absolute Gasteiger partial charge is 0.334 e. The third-order valence-electron chi connectivity index (χ3n) is 3.67. The Morgan fingerprint density at radius 2 is 2.33 bits per heavy atom. The minimum Gasteiger partial charge on any atom is -0.334 e. The SMILES string of the molecule is Cc1cnccc1C(=O)N1CCCCC1C(C)N. The maximum atomic E-state index is 12.6. The van der Waals surface area contributed by atoms with Gasteiger partial charge < -0.3 is 10.6 Å². The zero-order chi connectivity index (χ0) is 13.1. The van der Waals surface area contributed by atoms with Gasteiger partial charge in [-0.25, -0.2) is 0 Å². The number of carbonyl (C=O) groups excluding carboxylic acids is 1. The van der Waals surface area contributed by atoms with Crippen LogP contribution in [-0.4, -0.2) is 34.4 Å². The van der Waals surface area contributed by atoms with Crippen molar-refractivity contribution in [3.63, 3.8) is 0 Å². The molecule has 98 valence electrons. The van der Waals surface area contributed by atoms with E-state index in [0.717, 1.165) is 36.9 Å². The maximum Gasteiger partial charge on any atom is 0.254 e. The van der Waals surface area contributed by atoms with Crippen LogP contribution in [0.1, 0.15) is 42.1 Å². The second kappa shape index (κ2) is 5.48. The van der Waals surface area contributed by atoms with E-state index in [2.05, 4.69) is 4.98 Å². The fraction of sp³-hybridized carbons (Fsp3) is 0.571. The van der Waals surface area contributed by atoms with Crippen molar-refractivity contribution in [2.45, 2.75) is 45.2 Å². The van der Waals surface area contributed by atoms with Crippen molar-refractivity contribution in [3.8, 4) is 0 Å². The summed E-state index contributed by atoms with van der Waals surface area (Å²) in [6, 6.07) is 1.99. The van der Waals surface area contributed by atoms with Gasteiger partial charge in [-0.3, -0.25) is 9.78 Å². The third kappa shape index (κ3) is 2.53. The standard InChI is InChI=1S/C14H21N3O/c1-10-9-16-7-6-12(10)14(18)17-8-4-3-5-13(17)11(2)15/h6-7,9,11,13H,3-5,8,15H2,1-2H3. The molecular weight excluding hydrogens is 226 g/mol. The molecule has 1 aromatic heterocycles. The highest BCUT2D eigenvalue weighted by Crippen LogP contribution is 2.22. The second-order valence-electron chi connectivity index (χ2n) is 5.11. The van der Waals surface area contributed by atoms with Gasteiger partial charge in [0.2, 0.25) is 0 Å². The first kappa shape index (κ1) is 13.0. The summed E-state index contributed by atoms with van der Waals surface area (Å²) in [6.45, 7) is 4.72. The average Bonchev–Trinajstić information content (AvgIpc) is 2.38. The van der Waals surface area contributed by atoms with E-state index < -0.39 is 0 Å². The minimum atomic E-state index is 0.0244. The van der Waals surface area contributed by atoms with Crippen LogP contribution >= 0.6 is 0 Å². The first-order valence-corrected chi connectivity index (χ1v) is 6.58. The topological polar surface area (TPSA) is 59.2 Å². The van der Waals surface area contributed by atoms with Crippen molar-refractivity contribution in [1.29, 1.82) is 0 Å². The van der Waals surface area contributed by atoms with E-state index in [1.54, 1.807) is 18.5 Å². The van der Waals surface area contributed by atoms with Crippen LogP contribution in [0, 0.1) is 6.92 Å². The van der Waals surface area contributed by atoms with Gasteiger partial charge in [0.1, 0.15) is 0 Å². The summed E-state index contributed by atoms with van der Waals surface area (Å²) in [7, 11) is 0. The molecule has 2 N–H and O–H groups in total. The molecule has 0 spiro atoms. The highest BCUT2D eigenvalue weighted by molar-refractivity contribution is 5.95. The number of amides is 1. The van der Waals surface area contributed by atoms with Crippen LogP contribution in [0.5, 0.6) is 0 Å². The van der Waals surface area contributed by atoms with E-state index in [4.69, 9.17) is 5.73 Å². The molecular formula is C14H21N3O. The molecule has 0 aromatic carbocycles. The summed E-state index contributed by atoms with van der Waals surface area (Å²) in [6.07, 6.45) is 6.64. The molecule has 2 rings (SSSR count). The van der Waals surface area contributed by atoms with E-state index >= 15 is 0 Å². The Morgan fingerprint density at radius 1 is 1.56 bits per heavy atom. The van der Waals surface area contributed by atoms with Crippen LogP contribution in [-0.2, 0) is 0 Å². The number of nitrogens with two attached hydrogens (primary N) is 1. The number of carbonyl (C=O) groups is 1. The Hall–Kier alpha value is -1.42. The molecule has 4 heteroatoms. The molecule has 0 aliphatic carbocycles. The molecule has 1 fully saturated rings. The number of aromatic nitrogens is 1. The second-order valence-corrected chi connectivity index (χ2v) is 5.11. The molecule has 0 radical (unpaired) electrons. The first-order valence-electron chi connectivity index (χ1n) is 6.58. The van der Waals surface area contributed by atoms with Gasteiger partial charge in [0, 0.05) is 36.6 Å². The van der Waals surface area contributed by atoms with Crippen molar-refractivity contribution in [3.05, 3.63) is 29.6 Å². The van der Waals surface area contributed by atoms with E-state index in [1.165, 1.54) is 0 Å². The number of hydrogen-bond acceptors (Lipinski definition) is 3. The molecule has 1 aliphatic rings. The number of pyridine rings is 1. The maximum absolute atomic E-state index is 12.6. The molecule has 18 heavy (non-hydrogen) atoms. The van der Waals surface area contributed by atoms with E-state index in [9.17, 15) is 4.79 Å². The molecule has 0 saturated carbocycles. The Bertz CT molecular complexity index is 431. The fourth-order valence-corrected chi connectivity index (χ4v) is 2.62. The van der Waals surface area contributed by atoms with Crippen molar-refractivity contribution < 1.29 is 4.79 Å². The van der Waals surface area contributed by atoms with Crippen LogP contribution in [0.4, 0.5) is 0 Å². The van der Waals surface area contributed by atoms with E-state index in [-0.39, 0.29) is 18.0 Å². The van der Waals surface area contributed by atoms with Gasteiger partial charge in [0.15, 0.2) is 0 Å². The van der Waals surface area contributed by atoms with Crippen LogP contribution in [0.15, 0.2) is 18.5 Å². The molecule has 2 heterocycles. The Morgan fingerprint density at radius 3 is 3.00 bits per heavy atom. The first-order chi connectivity index (χ1) is 8.61. The van der Waals surface area contributed by atoms with Crippen molar-refractivity contribution >= 4 is 5.91 Å². The molecule has 4 nitrogen and oxygen atoms in total. The van der Waals surface area contributed by atoms with E-state index in [0.29, 0.717) is 0 Å². The van der Waals surface area contributed by atoms with Gasteiger partial charge in [-0.2, -0.15) is 0 Å². The van der Waals surface area contributed by atoms with Gasteiger partial charge in [-0.1, -0.05) is 0 Å². The number of hydrogen-bond donors (Lipinski definition) is 1. The highest BCUT2D eigenvalue weighted by atomic mass is 16.2. The lowest BCUT2D eigenvalue weighted by Gasteiger charge is -2.38. The summed E-state index contributed by atoms with van der Waals surface area (Å²) in [5.74, 6) is 0.0944. The normalized spacial score (nSPS) is 21.7. The number of likely N-dealkylation sites (tertiary alicyclic amines) is 1. The summed E-state index contributed by atoms with van der Waals surface area (Å²) in [5.41, 5.74) is 7.68. The van der Waals surface area contributed by atoms with Crippen molar-refractivity contribution in [1.82, 2.24) is 9.88 Å². The molecule has 2 atom stereocenters. The number of rotatable bonds is 2. The molecule has 0 bridgehead atoms. The fourth-order valence-electron chi connectivity index (χ4n) is 2.62. The van der Waals surface area contributed by atoms with Gasteiger partial charge in [-0.05, 0) is 44.7 Å². The van der Waals surface area contributed by atoms with Gasteiger partial charge in [0.25, 0.3) is 5.91 Å².